The third-order valence-electron chi connectivity index (χ3n) is 9.54. The third-order valence-corrected chi connectivity index (χ3v) is 9.54. The molecule has 2 aromatic rings. The van der Waals surface area contributed by atoms with Crippen molar-refractivity contribution in [2.75, 3.05) is 26.4 Å². The first-order valence-electron chi connectivity index (χ1n) is 19.7. The lowest BCUT2D eigenvalue weighted by Gasteiger charge is -2.26. The summed E-state index contributed by atoms with van der Waals surface area (Å²) in [5.74, 6) is 0.718. The zero-order valence-corrected chi connectivity index (χ0v) is 32.4. The molecule has 1 saturated carbocycles. The van der Waals surface area contributed by atoms with E-state index in [1.54, 1.807) is 12.1 Å². The zero-order chi connectivity index (χ0) is 39.0. The maximum absolute atomic E-state index is 13.0. The molecule has 296 valence electrons. The lowest BCUT2D eigenvalue weighted by atomic mass is 9.82. The first kappa shape index (κ1) is 43.8. The summed E-state index contributed by atoms with van der Waals surface area (Å²) < 4.78 is 33.4. The Hall–Kier alpha value is -4.60. The van der Waals surface area contributed by atoms with Crippen molar-refractivity contribution in [1.82, 2.24) is 0 Å². The number of carbonyl (C=O) groups excluding carboxylic acids is 4. The van der Waals surface area contributed by atoms with E-state index < -0.39 is 0 Å². The molecule has 2 aromatic carbocycles. The summed E-state index contributed by atoms with van der Waals surface area (Å²) in [6.45, 7) is 12.7. The molecule has 0 spiro atoms. The van der Waals surface area contributed by atoms with Gasteiger partial charge in [0, 0.05) is 12.2 Å². The van der Waals surface area contributed by atoms with Gasteiger partial charge >= 0.3 is 23.9 Å². The molecule has 0 amide bonds. The van der Waals surface area contributed by atoms with Gasteiger partial charge in [0.2, 0.25) is 0 Å². The number of ether oxygens (including phenoxy) is 6. The molecule has 54 heavy (non-hydrogen) atoms. The maximum atomic E-state index is 13.0. The van der Waals surface area contributed by atoms with Crippen molar-refractivity contribution in [3.63, 3.8) is 0 Å². The van der Waals surface area contributed by atoms with Gasteiger partial charge in [0.05, 0.1) is 38.3 Å². The highest BCUT2D eigenvalue weighted by Crippen LogP contribution is 2.33. The molecule has 0 aromatic heterocycles. The quantitative estimate of drug-likeness (QED) is 0.0398. The van der Waals surface area contributed by atoms with Crippen LogP contribution in [0.3, 0.4) is 0 Å². The summed E-state index contributed by atoms with van der Waals surface area (Å²) in [6, 6.07) is 11.0. The average molecular weight is 749 g/mol. The van der Waals surface area contributed by atoms with Gasteiger partial charge in [-0.1, -0.05) is 64.5 Å². The number of hydrogen-bond donors (Lipinski definition) is 0. The number of aryl methyl sites for hydroxylation is 2. The summed E-state index contributed by atoms with van der Waals surface area (Å²) in [5.41, 5.74) is 1.66. The fourth-order valence-corrected chi connectivity index (χ4v) is 6.27. The standard InChI is InChI=1S/C44H60O10/c1-5-41(45)51-29-17-13-9-7-11-15-27-49-37-23-25-39(33(3)31-37)53-43(47)35-19-21-36(22-20-35)44(48)54-40-26-24-38(32-34(40)4)50-28-16-12-8-10-14-18-30-52-42(46)6-2/h5-6,23-26,31-32,35-36H,1-2,7-22,27-30H2,3-4H3. The molecule has 0 atom stereocenters. The minimum Gasteiger partial charge on any atom is -0.494 e. The summed E-state index contributed by atoms with van der Waals surface area (Å²) in [7, 11) is 0. The van der Waals surface area contributed by atoms with Crippen molar-refractivity contribution in [2.24, 2.45) is 11.8 Å². The summed E-state index contributed by atoms with van der Waals surface area (Å²) in [4.78, 5) is 48.1. The van der Waals surface area contributed by atoms with Gasteiger partial charge < -0.3 is 28.4 Å². The largest absolute Gasteiger partial charge is 0.494 e. The first-order chi connectivity index (χ1) is 26.2. The molecular weight excluding hydrogens is 688 g/mol. The Labute approximate surface area is 321 Å². The van der Waals surface area contributed by atoms with Crippen molar-refractivity contribution in [2.45, 2.75) is 117 Å². The van der Waals surface area contributed by atoms with Gasteiger partial charge in [-0.05, 0) is 113 Å². The van der Waals surface area contributed by atoms with E-state index in [4.69, 9.17) is 28.4 Å². The summed E-state index contributed by atoms with van der Waals surface area (Å²) >= 11 is 0. The Kier molecular flexibility index (Phi) is 20.6. The van der Waals surface area contributed by atoms with Crippen molar-refractivity contribution < 1.29 is 47.6 Å². The highest BCUT2D eigenvalue weighted by Gasteiger charge is 2.32. The van der Waals surface area contributed by atoms with Gasteiger partial charge in [0.25, 0.3) is 0 Å². The van der Waals surface area contributed by atoms with Gasteiger partial charge in [-0.2, -0.15) is 0 Å². The molecule has 10 heteroatoms. The number of unbranched alkanes of at least 4 members (excludes halogenated alkanes) is 10. The Morgan fingerprint density at radius 2 is 0.870 bits per heavy atom. The van der Waals surface area contributed by atoms with Crippen LogP contribution in [0.5, 0.6) is 23.0 Å². The molecule has 3 rings (SSSR count). The minimum atomic E-state index is -0.371. The van der Waals surface area contributed by atoms with E-state index in [1.807, 2.05) is 38.1 Å². The predicted octanol–water partition coefficient (Wildman–Crippen LogP) is 9.52. The average Bonchev–Trinajstić information content (AvgIpc) is 3.17. The van der Waals surface area contributed by atoms with Gasteiger partial charge in [-0.25, -0.2) is 9.59 Å². The molecule has 0 radical (unpaired) electrons. The van der Waals surface area contributed by atoms with Crippen LogP contribution < -0.4 is 18.9 Å². The van der Waals surface area contributed by atoms with Crippen molar-refractivity contribution in [1.29, 1.82) is 0 Å². The molecule has 0 saturated heterocycles. The van der Waals surface area contributed by atoms with E-state index in [1.165, 1.54) is 12.2 Å². The van der Waals surface area contributed by atoms with E-state index in [0.717, 1.165) is 99.7 Å². The van der Waals surface area contributed by atoms with Gasteiger partial charge in [0.15, 0.2) is 0 Å². The molecule has 0 unspecified atom stereocenters. The van der Waals surface area contributed by atoms with Gasteiger partial charge in [-0.3, -0.25) is 9.59 Å². The van der Waals surface area contributed by atoms with Crippen molar-refractivity contribution >= 4 is 23.9 Å². The van der Waals surface area contributed by atoms with E-state index in [9.17, 15) is 19.2 Å². The monoisotopic (exact) mass is 748 g/mol. The van der Waals surface area contributed by atoms with E-state index >= 15 is 0 Å². The molecule has 0 heterocycles. The zero-order valence-electron chi connectivity index (χ0n) is 32.4. The molecule has 1 aliphatic carbocycles. The molecule has 0 N–H and O–H groups in total. The second-order valence-corrected chi connectivity index (χ2v) is 13.9. The van der Waals surface area contributed by atoms with Crippen LogP contribution in [-0.4, -0.2) is 50.3 Å². The van der Waals surface area contributed by atoms with E-state index in [-0.39, 0.29) is 35.7 Å². The Bertz CT molecular complexity index is 1380. The highest BCUT2D eigenvalue weighted by atomic mass is 16.5. The number of carbonyl (C=O) groups is 4. The lowest BCUT2D eigenvalue weighted by molar-refractivity contribution is -0.145. The van der Waals surface area contributed by atoms with Crippen molar-refractivity contribution in [3.05, 3.63) is 72.8 Å². The molecule has 1 aliphatic rings. The minimum absolute atomic E-state index is 0.265. The summed E-state index contributed by atoms with van der Waals surface area (Å²) in [6.07, 6.45) is 16.8. The number of hydrogen-bond acceptors (Lipinski definition) is 10. The van der Waals surface area contributed by atoms with Crippen LogP contribution in [0.1, 0.15) is 114 Å². The Morgan fingerprint density at radius 1 is 0.537 bits per heavy atom. The van der Waals surface area contributed by atoms with Crippen LogP contribution in [0.15, 0.2) is 61.7 Å². The third kappa shape index (κ3) is 17.0. The smallest absolute Gasteiger partial charge is 0.330 e. The van der Waals surface area contributed by atoms with Crippen LogP contribution in [0.4, 0.5) is 0 Å². The normalized spacial score (nSPS) is 15.1. The number of benzene rings is 2. The van der Waals surface area contributed by atoms with Crippen LogP contribution in [0.25, 0.3) is 0 Å². The topological polar surface area (TPSA) is 124 Å². The van der Waals surface area contributed by atoms with Crippen LogP contribution >= 0.6 is 0 Å². The first-order valence-corrected chi connectivity index (χ1v) is 19.7. The Balaban J connectivity index is 1.27. The molecule has 0 aliphatic heterocycles. The van der Waals surface area contributed by atoms with E-state index in [0.29, 0.717) is 63.6 Å². The van der Waals surface area contributed by atoms with Crippen molar-refractivity contribution in [3.8, 4) is 23.0 Å². The summed E-state index contributed by atoms with van der Waals surface area (Å²) in [5, 5.41) is 0. The fourth-order valence-electron chi connectivity index (χ4n) is 6.27. The highest BCUT2D eigenvalue weighted by molar-refractivity contribution is 5.81. The SMILES string of the molecule is C=CC(=O)OCCCCCCCCOc1ccc(OC(=O)C2CCC(C(=O)Oc3ccc(OCCCCCCCCOC(=O)C=C)cc3C)CC2)c(C)c1. The Morgan fingerprint density at radius 3 is 1.20 bits per heavy atom. The van der Waals surface area contributed by atoms with Crippen LogP contribution in [-0.2, 0) is 28.7 Å². The molecular formula is C44H60O10. The predicted molar refractivity (Wildman–Crippen MR) is 208 cm³/mol. The number of rotatable bonds is 26. The fraction of sp³-hybridized carbons (Fsp3) is 0.545. The molecule has 1 fully saturated rings. The second-order valence-electron chi connectivity index (χ2n) is 13.9. The lowest BCUT2D eigenvalue weighted by Crippen LogP contribution is -2.30. The van der Waals surface area contributed by atoms with E-state index in [2.05, 4.69) is 13.2 Å². The molecule has 0 bridgehead atoms. The molecule has 10 nitrogen and oxygen atoms in total. The second kappa shape index (κ2) is 25.4. The van der Waals surface area contributed by atoms with Gasteiger partial charge in [0.1, 0.15) is 23.0 Å². The van der Waals surface area contributed by atoms with Gasteiger partial charge in [-0.15, -0.1) is 0 Å². The number of esters is 4. The van der Waals surface area contributed by atoms with Crippen LogP contribution in [0.2, 0.25) is 0 Å². The van der Waals surface area contributed by atoms with Crippen LogP contribution in [0, 0.1) is 25.7 Å². The maximum Gasteiger partial charge on any atom is 0.330 e.